The van der Waals surface area contributed by atoms with Crippen LogP contribution in [-0.2, 0) is 9.59 Å². The van der Waals surface area contributed by atoms with Crippen LogP contribution >= 0.6 is 0 Å². The van der Waals surface area contributed by atoms with Crippen molar-refractivity contribution in [3.63, 3.8) is 0 Å². The van der Waals surface area contributed by atoms with Crippen molar-refractivity contribution in [2.75, 3.05) is 0 Å². The van der Waals surface area contributed by atoms with E-state index in [1.165, 1.54) is 30.4 Å². The van der Waals surface area contributed by atoms with Gasteiger partial charge in [0.15, 0.2) is 5.78 Å². The summed E-state index contributed by atoms with van der Waals surface area (Å²) in [6.45, 7) is 0. The van der Waals surface area contributed by atoms with Gasteiger partial charge in [0.25, 0.3) is 5.91 Å². The number of fused-ring (bicyclic) bond motifs is 2. The summed E-state index contributed by atoms with van der Waals surface area (Å²) in [6.07, 6.45) is 4.34. The number of benzene rings is 2. The first kappa shape index (κ1) is 15.6. The highest BCUT2D eigenvalue weighted by molar-refractivity contribution is 6.28. The molecule has 2 aromatic rings. The highest BCUT2D eigenvalue weighted by Gasteiger charge is 2.28. The molecule has 4 rings (SSSR count). The van der Waals surface area contributed by atoms with Crippen molar-refractivity contribution in [2.24, 2.45) is 9.98 Å². The topological polar surface area (TPSA) is 99.4 Å². The van der Waals surface area contributed by atoms with Crippen molar-refractivity contribution in [3.8, 4) is 5.75 Å². The van der Waals surface area contributed by atoms with Gasteiger partial charge in [-0.3, -0.25) is 14.4 Å². The van der Waals surface area contributed by atoms with Crippen molar-refractivity contribution >= 4 is 40.5 Å². The third kappa shape index (κ3) is 2.51. The van der Waals surface area contributed by atoms with Crippen molar-refractivity contribution in [1.82, 2.24) is 4.90 Å². The molecule has 7 nitrogen and oxygen atoms in total. The fourth-order valence-electron chi connectivity index (χ4n) is 2.75. The van der Waals surface area contributed by atoms with Gasteiger partial charge < -0.3 is 5.11 Å². The van der Waals surface area contributed by atoms with Crippen LogP contribution in [0.1, 0.15) is 10.4 Å². The SMILES string of the molecule is O=CN(C(=O)c1cc2ccccc2cc1O)C1=NC2=CC(=O)C=CC2=N1. The molecule has 2 aromatic carbocycles. The molecule has 0 saturated heterocycles. The highest BCUT2D eigenvalue weighted by Crippen LogP contribution is 2.27. The Kier molecular flexibility index (Phi) is 3.54. The molecular weight excluding hydrogens is 334 g/mol. The van der Waals surface area contributed by atoms with E-state index in [0.717, 1.165) is 10.8 Å². The maximum absolute atomic E-state index is 12.8. The molecule has 0 atom stereocenters. The lowest BCUT2D eigenvalue weighted by atomic mass is 10.1. The third-order valence-electron chi connectivity index (χ3n) is 4.02. The maximum atomic E-state index is 12.8. The third-order valence-corrected chi connectivity index (χ3v) is 4.02. The monoisotopic (exact) mass is 345 g/mol. The number of phenolic OH excluding ortho intramolecular Hbond substituents is 1. The zero-order valence-corrected chi connectivity index (χ0v) is 13.3. The Balaban J connectivity index is 1.74. The molecule has 0 unspecified atom stereocenters. The van der Waals surface area contributed by atoms with Gasteiger partial charge in [0.1, 0.15) is 5.75 Å². The molecule has 2 aliphatic rings. The number of aliphatic imine (C=N–C) groups is 2. The molecule has 1 heterocycles. The van der Waals surface area contributed by atoms with Gasteiger partial charge in [-0.1, -0.05) is 24.3 Å². The van der Waals surface area contributed by atoms with E-state index in [2.05, 4.69) is 9.98 Å². The molecule has 0 saturated carbocycles. The number of rotatable bonds is 2. The van der Waals surface area contributed by atoms with Gasteiger partial charge in [-0.25, -0.2) is 14.9 Å². The number of nitrogens with zero attached hydrogens (tertiary/aromatic N) is 3. The van der Waals surface area contributed by atoms with Crippen molar-refractivity contribution in [2.45, 2.75) is 0 Å². The van der Waals surface area contributed by atoms with Crippen molar-refractivity contribution < 1.29 is 19.5 Å². The van der Waals surface area contributed by atoms with Crippen LogP contribution < -0.4 is 0 Å². The quantitative estimate of drug-likeness (QED) is 0.664. The lowest BCUT2D eigenvalue weighted by molar-refractivity contribution is -0.113. The second-order valence-corrected chi connectivity index (χ2v) is 5.67. The Morgan fingerprint density at radius 2 is 1.81 bits per heavy atom. The molecule has 0 radical (unpaired) electrons. The molecule has 26 heavy (non-hydrogen) atoms. The maximum Gasteiger partial charge on any atom is 0.271 e. The molecule has 2 amide bonds. The van der Waals surface area contributed by atoms with Crippen molar-refractivity contribution in [1.29, 1.82) is 0 Å². The van der Waals surface area contributed by atoms with Crippen LogP contribution in [0.2, 0.25) is 0 Å². The van der Waals surface area contributed by atoms with E-state index in [-0.39, 0.29) is 35.2 Å². The van der Waals surface area contributed by atoms with E-state index in [1.807, 2.05) is 6.07 Å². The van der Waals surface area contributed by atoms with Crippen LogP contribution in [0.15, 0.2) is 70.3 Å². The van der Waals surface area contributed by atoms with Gasteiger partial charge in [0, 0.05) is 6.08 Å². The van der Waals surface area contributed by atoms with Crippen LogP contribution in [-0.4, -0.2) is 39.8 Å². The molecular formula is C19H11N3O4. The first-order valence-electron chi connectivity index (χ1n) is 7.69. The summed E-state index contributed by atoms with van der Waals surface area (Å²) < 4.78 is 0. The lowest BCUT2D eigenvalue weighted by Crippen LogP contribution is -2.34. The molecule has 1 aliphatic carbocycles. The van der Waals surface area contributed by atoms with Gasteiger partial charge in [-0.15, -0.1) is 0 Å². The fourth-order valence-corrected chi connectivity index (χ4v) is 2.75. The molecule has 0 fully saturated rings. The zero-order chi connectivity index (χ0) is 18.3. The number of imide groups is 1. The predicted molar refractivity (Wildman–Crippen MR) is 94.9 cm³/mol. The molecule has 1 N–H and O–H groups in total. The average molecular weight is 345 g/mol. The number of hydrogen-bond donors (Lipinski definition) is 1. The first-order chi connectivity index (χ1) is 12.6. The average Bonchev–Trinajstić information content (AvgIpc) is 3.04. The van der Waals surface area contributed by atoms with Gasteiger partial charge in [-0.05, 0) is 35.1 Å². The van der Waals surface area contributed by atoms with E-state index >= 15 is 0 Å². The summed E-state index contributed by atoms with van der Waals surface area (Å²) in [5.74, 6) is -1.42. The van der Waals surface area contributed by atoms with Gasteiger partial charge >= 0.3 is 0 Å². The van der Waals surface area contributed by atoms with Crippen molar-refractivity contribution in [3.05, 3.63) is 65.9 Å². The molecule has 0 bridgehead atoms. The Labute approximate surface area is 147 Å². The summed E-state index contributed by atoms with van der Waals surface area (Å²) in [5.41, 5.74) is 0.631. The second kappa shape index (κ2) is 5.89. The van der Waals surface area contributed by atoms with Crippen LogP contribution in [0.5, 0.6) is 5.75 Å². The van der Waals surface area contributed by atoms with Gasteiger partial charge in [0.05, 0.1) is 17.0 Å². The predicted octanol–water partition coefficient (Wildman–Crippen LogP) is 1.98. The Morgan fingerprint density at radius 3 is 2.54 bits per heavy atom. The van der Waals surface area contributed by atoms with Crippen LogP contribution in [0.4, 0.5) is 0 Å². The number of aromatic hydroxyl groups is 1. The Hall–Kier alpha value is -3.87. The van der Waals surface area contributed by atoms with E-state index in [1.54, 1.807) is 18.2 Å². The Morgan fingerprint density at radius 1 is 1.08 bits per heavy atom. The fraction of sp³-hybridized carbons (Fsp3) is 0. The van der Waals surface area contributed by atoms with Crippen LogP contribution in [0.25, 0.3) is 10.8 Å². The minimum Gasteiger partial charge on any atom is -0.507 e. The van der Waals surface area contributed by atoms with E-state index in [4.69, 9.17) is 0 Å². The number of hydrogen-bond acceptors (Lipinski definition) is 6. The number of phenols is 1. The minimum atomic E-state index is -0.763. The highest BCUT2D eigenvalue weighted by atomic mass is 16.3. The van der Waals surface area contributed by atoms with E-state index in [9.17, 15) is 19.5 Å². The summed E-state index contributed by atoms with van der Waals surface area (Å²) in [6, 6.07) is 10.2. The van der Waals surface area contributed by atoms with Gasteiger partial charge in [0.2, 0.25) is 12.4 Å². The number of guanidine groups is 1. The molecule has 7 heteroatoms. The molecule has 126 valence electrons. The van der Waals surface area contributed by atoms with E-state index < -0.39 is 5.91 Å². The smallest absolute Gasteiger partial charge is 0.271 e. The molecule has 0 spiro atoms. The standard InChI is InChI=1S/C19H11N3O4/c23-10-22(19-20-15-6-5-13(24)9-16(15)21-19)18(26)14-7-11-3-1-2-4-12(11)8-17(14)25/h1-10,25H. The number of ketones is 1. The molecule has 1 aliphatic heterocycles. The van der Waals surface area contributed by atoms with Crippen LogP contribution in [0.3, 0.4) is 0 Å². The number of carbonyl (C=O) groups is 3. The van der Waals surface area contributed by atoms with Crippen LogP contribution in [0, 0.1) is 0 Å². The summed E-state index contributed by atoms with van der Waals surface area (Å²) in [7, 11) is 0. The number of allylic oxidation sites excluding steroid dienone is 3. The second-order valence-electron chi connectivity index (χ2n) is 5.67. The summed E-state index contributed by atoms with van der Waals surface area (Å²) in [5, 5.41) is 11.7. The summed E-state index contributed by atoms with van der Waals surface area (Å²) in [4.78, 5) is 44.6. The zero-order valence-electron chi connectivity index (χ0n) is 13.3. The first-order valence-corrected chi connectivity index (χ1v) is 7.69. The minimum absolute atomic E-state index is 0.0471. The lowest BCUT2D eigenvalue weighted by Gasteiger charge is -2.14. The molecule has 0 aromatic heterocycles. The number of carbonyl (C=O) groups excluding carboxylic acids is 3. The number of amides is 2. The van der Waals surface area contributed by atoms with Gasteiger partial charge in [-0.2, -0.15) is 0 Å². The largest absolute Gasteiger partial charge is 0.507 e. The Bertz CT molecular complexity index is 1110. The summed E-state index contributed by atoms with van der Waals surface area (Å²) >= 11 is 0. The van der Waals surface area contributed by atoms with E-state index in [0.29, 0.717) is 10.6 Å². The normalized spacial score (nSPS) is 15.2.